The number of ketones is 1. The highest BCUT2D eigenvalue weighted by molar-refractivity contribution is 6.30. The number of nitrogens with one attached hydrogen (secondary N) is 2. The van der Waals surface area contributed by atoms with Crippen molar-refractivity contribution in [1.82, 2.24) is 10.2 Å². The molecule has 1 heterocycles. The third kappa shape index (κ3) is 3.55. The largest absolute Gasteiger partial charge is 0.485 e. The summed E-state index contributed by atoms with van der Waals surface area (Å²) in [5.41, 5.74) is 1.27. The van der Waals surface area contributed by atoms with Gasteiger partial charge in [0.15, 0.2) is 18.2 Å². The molecule has 1 aliphatic carbocycles. The Labute approximate surface area is 154 Å². The van der Waals surface area contributed by atoms with Crippen LogP contribution < -0.4 is 10.1 Å². The Morgan fingerprint density at radius 2 is 1.96 bits per heavy atom. The number of nitrogens with zero attached hydrogens (tertiary/aromatic N) is 1. The average Bonchev–Trinajstić information content (AvgIpc) is 3.43. The van der Waals surface area contributed by atoms with E-state index in [2.05, 4.69) is 15.5 Å². The van der Waals surface area contributed by atoms with Gasteiger partial charge in [-0.2, -0.15) is 5.10 Å². The van der Waals surface area contributed by atoms with Gasteiger partial charge in [-0.25, -0.2) is 0 Å². The highest BCUT2D eigenvalue weighted by atomic mass is 35.5. The summed E-state index contributed by atoms with van der Waals surface area (Å²) in [6, 6.07) is 12.0. The first-order valence-corrected chi connectivity index (χ1v) is 8.68. The van der Waals surface area contributed by atoms with E-state index in [4.69, 9.17) is 16.3 Å². The van der Waals surface area contributed by atoms with Crippen molar-refractivity contribution in [2.75, 3.05) is 11.9 Å². The molecule has 26 heavy (non-hydrogen) atoms. The minimum atomic E-state index is -0.135. The number of carbonyl (C=O) groups excluding carboxylic acids is 2. The van der Waals surface area contributed by atoms with Crippen LogP contribution in [-0.4, -0.2) is 28.5 Å². The number of hydrogen-bond donors (Lipinski definition) is 2. The molecule has 132 valence electrons. The molecule has 2 N–H and O–H groups in total. The second kappa shape index (κ2) is 6.80. The number of ether oxygens (including phenoxy) is 1. The van der Waals surface area contributed by atoms with Crippen LogP contribution in [0.4, 0.5) is 5.82 Å². The van der Waals surface area contributed by atoms with Crippen molar-refractivity contribution in [1.29, 1.82) is 0 Å². The molecule has 6 nitrogen and oxygen atoms in total. The highest BCUT2D eigenvalue weighted by Crippen LogP contribution is 2.31. The maximum Gasteiger partial charge on any atom is 0.228 e. The smallest absolute Gasteiger partial charge is 0.228 e. The van der Waals surface area contributed by atoms with Gasteiger partial charge in [0.2, 0.25) is 5.91 Å². The molecule has 3 aromatic rings. The lowest BCUT2D eigenvalue weighted by Crippen LogP contribution is -2.13. The predicted octanol–water partition coefficient (Wildman–Crippen LogP) is 3.83. The first-order valence-electron chi connectivity index (χ1n) is 8.31. The van der Waals surface area contributed by atoms with E-state index in [-0.39, 0.29) is 24.2 Å². The molecule has 0 bridgehead atoms. The normalized spacial score (nSPS) is 13.6. The number of aromatic nitrogens is 2. The summed E-state index contributed by atoms with van der Waals surface area (Å²) >= 11 is 5.82. The van der Waals surface area contributed by atoms with Gasteiger partial charge in [-0.3, -0.25) is 14.7 Å². The summed E-state index contributed by atoms with van der Waals surface area (Å²) in [5.74, 6) is 1.04. The van der Waals surface area contributed by atoms with Crippen molar-refractivity contribution in [3.63, 3.8) is 0 Å². The first kappa shape index (κ1) is 16.6. The van der Waals surface area contributed by atoms with Crippen LogP contribution in [0.1, 0.15) is 23.2 Å². The van der Waals surface area contributed by atoms with Crippen molar-refractivity contribution in [3.8, 4) is 5.75 Å². The number of anilines is 1. The zero-order valence-corrected chi connectivity index (χ0v) is 14.5. The maximum atomic E-state index is 12.2. The Bertz CT molecular complexity index is 977. The number of halogens is 1. The van der Waals surface area contributed by atoms with Crippen LogP contribution >= 0.6 is 11.6 Å². The number of hydrogen-bond acceptors (Lipinski definition) is 4. The zero-order valence-electron chi connectivity index (χ0n) is 13.8. The number of H-pyrrole nitrogens is 1. The van der Waals surface area contributed by atoms with Crippen molar-refractivity contribution >= 4 is 40.0 Å². The number of aromatic amines is 1. The molecule has 1 amide bonds. The van der Waals surface area contributed by atoms with Crippen LogP contribution in [0.5, 0.6) is 5.75 Å². The Morgan fingerprint density at radius 3 is 2.69 bits per heavy atom. The number of rotatable bonds is 6. The first-order chi connectivity index (χ1) is 12.6. The van der Waals surface area contributed by atoms with E-state index in [1.54, 1.807) is 36.4 Å². The van der Waals surface area contributed by atoms with Gasteiger partial charge in [0.25, 0.3) is 0 Å². The van der Waals surface area contributed by atoms with Gasteiger partial charge in [-0.1, -0.05) is 11.6 Å². The van der Waals surface area contributed by atoms with Crippen molar-refractivity contribution in [3.05, 3.63) is 53.1 Å². The number of benzene rings is 2. The molecule has 0 unspecified atom stereocenters. The van der Waals surface area contributed by atoms with Gasteiger partial charge >= 0.3 is 0 Å². The highest BCUT2D eigenvalue weighted by Gasteiger charge is 2.30. The lowest BCUT2D eigenvalue weighted by atomic mass is 10.1. The summed E-state index contributed by atoms with van der Waals surface area (Å²) in [6.07, 6.45) is 1.88. The van der Waals surface area contributed by atoms with Crippen LogP contribution in [0, 0.1) is 5.92 Å². The summed E-state index contributed by atoms with van der Waals surface area (Å²) in [5, 5.41) is 11.2. The summed E-state index contributed by atoms with van der Waals surface area (Å²) < 4.78 is 5.58. The van der Waals surface area contributed by atoms with Gasteiger partial charge in [0.1, 0.15) is 5.75 Å². The second-order valence-electron chi connectivity index (χ2n) is 6.26. The molecule has 2 aromatic carbocycles. The van der Waals surface area contributed by atoms with Crippen LogP contribution in [0.2, 0.25) is 5.02 Å². The molecule has 4 rings (SSSR count). The standard InChI is InChI=1S/C19H16ClN3O3/c20-13-5-3-11(4-6-13)17(24)10-26-14-7-8-15-16(9-14)22-23-18(15)21-19(25)12-1-2-12/h3-9,12H,1-2,10H2,(H2,21,22,23,25). The lowest BCUT2D eigenvalue weighted by Gasteiger charge is -2.06. The van der Waals surface area contributed by atoms with E-state index < -0.39 is 0 Å². The SMILES string of the molecule is O=C(COc1ccc2c(NC(=O)C3CC3)n[nH]c2c1)c1ccc(Cl)cc1. The van der Waals surface area contributed by atoms with E-state index in [9.17, 15) is 9.59 Å². The number of amides is 1. The van der Waals surface area contributed by atoms with E-state index in [1.165, 1.54) is 0 Å². The van der Waals surface area contributed by atoms with E-state index in [0.29, 0.717) is 22.2 Å². The third-order valence-electron chi connectivity index (χ3n) is 4.26. The number of fused-ring (bicyclic) bond motifs is 1. The lowest BCUT2D eigenvalue weighted by molar-refractivity contribution is -0.117. The van der Waals surface area contributed by atoms with Gasteiger partial charge in [-0.05, 0) is 49.2 Å². The molecule has 1 aliphatic rings. The van der Waals surface area contributed by atoms with E-state index in [0.717, 1.165) is 23.7 Å². The molecule has 1 aromatic heterocycles. The molecule has 0 aliphatic heterocycles. The summed E-state index contributed by atoms with van der Waals surface area (Å²) in [4.78, 5) is 24.0. The Balaban J connectivity index is 1.43. The molecule has 0 atom stereocenters. The van der Waals surface area contributed by atoms with Crippen LogP contribution in [-0.2, 0) is 4.79 Å². The third-order valence-corrected chi connectivity index (χ3v) is 4.51. The molecular weight excluding hydrogens is 354 g/mol. The average molecular weight is 370 g/mol. The predicted molar refractivity (Wildman–Crippen MR) is 98.7 cm³/mol. The maximum absolute atomic E-state index is 12.2. The van der Waals surface area contributed by atoms with E-state index in [1.807, 2.05) is 6.07 Å². The molecule has 0 saturated heterocycles. The topological polar surface area (TPSA) is 84.1 Å². The monoisotopic (exact) mass is 369 g/mol. The molecule has 1 saturated carbocycles. The fourth-order valence-electron chi connectivity index (χ4n) is 2.62. The molecular formula is C19H16ClN3O3. The molecule has 1 fully saturated rings. The Kier molecular flexibility index (Phi) is 4.34. The molecule has 7 heteroatoms. The molecule has 0 radical (unpaired) electrons. The fraction of sp³-hybridized carbons (Fsp3) is 0.211. The van der Waals surface area contributed by atoms with Gasteiger partial charge < -0.3 is 10.1 Å². The minimum absolute atomic E-state index is 0.00675. The zero-order chi connectivity index (χ0) is 18.1. The van der Waals surface area contributed by atoms with Gasteiger partial charge in [-0.15, -0.1) is 0 Å². The van der Waals surface area contributed by atoms with Crippen LogP contribution in [0.3, 0.4) is 0 Å². The van der Waals surface area contributed by atoms with Crippen LogP contribution in [0.25, 0.3) is 10.9 Å². The fourth-order valence-corrected chi connectivity index (χ4v) is 2.74. The summed E-state index contributed by atoms with van der Waals surface area (Å²) in [7, 11) is 0. The van der Waals surface area contributed by atoms with Gasteiger partial charge in [0, 0.05) is 28.0 Å². The van der Waals surface area contributed by atoms with E-state index >= 15 is 0 Å². The number of Topliss-reactive ketones (excluding diaryl/α,β-unsaturated/α-hetero) is 1. The Morgan fingerprint density at radius 1 is 1.19 bits per heavy atom. The van der Waals surface area contributed by atoms with Crippen LogP contribution in [0.15, 0.2) is 42.5 Å². The minimum Gasteiger partial charge on any atom is -0.485 e. The van der Waals surface area contributed by atoms with Crippen molar-refractivity contribution in [2.24, 2.45) is 5.92 Å². The number of carbonyl (C=O) groups is 2. The molecule has 0 spiro atoms. The van der Waals surface area contributed by atoms with Crippen molar-refractivity contribution in [2.45, 2.75) is 12.8 Å². The van der Waals surface area contributed by atoms with Gasteiger partial charge in [0.05, 0.1) is 5.52 Å². The quantitative estimate of drug-likeness (QED) is 0.647. The summed E-state index contributed by atoms with van der Waals surface area (Å²) in [6.45, 7) is -0.0768. The Hall–Kier alpha value is -2.86. The second-order valence-corrected chi connectivity index (χ2v) is 6.70. The van der Waals surface area contributed by atoms with Crippen molar-refractivity contribution < 1.29 is 14.3 Å².